The highest BCUT2D eigenvalue weighted by Crippen LogP contribution is 2.27. The van der Waals surface area contributed by atoms with E-state index >= 15 is 0 Å². The van der Waals surface area contributed by atoms with Crippen LogP contribution in [-0.4, -0.2) is 29.3 Å². The van der Waals surface area contributed by atoms with Gasteiger partial charge in [-0.1, -0.05) is 13.8 Å². The smallest absolute Gasteiger partial charge is 0.403 e. The van der Waals surface area contributed by atoms with Gasteiger partial charge in [0.15, 0.2) is 5.92 Å². The van der Waals surface area contributed by atoms with Crippen molar-refractivity contribution in [2.75, 3.05) is 6.54 Å². The van der Waals surface area contributed by atoms with Gasteiger partial charge in [0.05, 0.1) is 0 Å². The molecule has 0 amide bonds. The van der Waals surface area contributed by atoms with Gasteiger partial charge in [-0.3, -0.25) is 4.79 Å². The molecule has 0 spiro atoms. The third-order valence-corrected chi connectivity index (χ3v) is 2.99. The van der Waals surface area contributed by atoms with Crippen LogP contribution in [0.2, 0.25) is 0 Å². The minimum Gasteiger partial charge on any atom is -0.481 e. The van der Waals surface area contributed by atoms with E-state index < -0.39 is 30.1 Å². The predicted octanol–water partition coefficient (Wildman–Crippen LogP) is 2.42. The first-order valence-corrected chi connectivity index (χ1v) is 5.21. The van der Waals surface area contributed by atoms with Crippen molar-refractivity contribution in [3.05, 3.63) is 0 Å². The van der Waals surface area contributed by atoms with E-state index in [0.29, 0.717) is 12.8 Å². The van der Waals surface area contributed by atoms with Crippen molar-refractivity contribution in [3.63, 3.8) is 0 Å². The van der Waals surface area contributed by atoms with Crippen molar-refractivity contribution >= 4 is 5.97 Å². The van der Waals surface area contributed by atoms with Gasteiger partial charge in [0, 0.05) is 12.1 Å². The van der Waals surface area contributed by atoms with E-state index in [1.807, 2.05) is 13.8 Å². The van der Waals surface area contributed by atoms with E-state index in [1.54, 1.807) is 6.92 Å². The SMILES string of the molecule is CCC(C)(CC)NCC(C(=O)O)C(F)(F)F. The number of nitrogens with one attached hydrogen (secondary N) is 1. The molecule has 0 heterocycles. The fraction of sp³-hybridized carbons (Fsp3) is 0.900. The molecule has 3 nitrogen and oxygen atoms in total. The van der Waals surface area contributed by atoms with Crippen LogP contribution in [0.3, 0.4) is 0 Å². The highest BCUT2D eigenvalue weighted by molar-refractivity contribution is 5.71. The predicted molar refractivity (Wildman–Crippen MR) is 54.2 cm³/mol. The molecule has 0 rings (SSSR count). The summed E-state index contributed by atoms with van der Waals surface area (Å²) in [6.07, 6.45) is -3.41. The van der Waals surface area contributed by atoms with Crippen LogP contribution in [0.5, 0.6) is 0 Å². The van der Waals surface area contributed by atoms with E-state index in [1.165, 1.54) is 0 Å². The highest BCUT2D eigenvalue weighted by Gasteiger charge is 2.45. The number of carbonyl (C=O) groups is 1. The monoisotopic (exact) mass is 241 g/mol. The number of carboxylic acid groups (broad SMARTS) is 1. The molecular weight excluding hydrogens is 223 g/mol. The fourth-order valence-corrected chi connectivity index (χ4v) is 1.19. The molecule has 0 bridgehead atoms. The molecule has 16 heavy (non-hydrogen) atoms. The maximum Gasteiger partial charge on any atom is 0.403 e. The minimum atomic E-state index is -4.71. The second kappa shape index (κ2) is 5.52. The Bertz CT molecular complexity index is 237. The summed E-state index contributed by atoms with van der Waals surface area (Å²) in [4.78, 5) is 10.5. The minimum absolute atomic E-state index is 0.445. The third-order valence-electron chi connectivity index (χ3n) is 2.99. The lowest BCUT2D eigenvalue weighted by Gasteiger charge is -2.30. The van der Waals surface area contributed by atoms with Crippen LogP contribution < -0.4 is 5.32 Å². The summed E-state index contributed by atoms with van der Waals surface area (Å²) in [7, 11) is 0. The average Bonchev–Trinajstić information content (AvgIpc) is 2.15. The van der Waals surface area contributed by atoms with Crippen molar-refractivity contribution in [2.24, 2.45) is 5.92 Å². The zero-order valence-corrected chi connectivity index (χ0v) is 9.69. The van der Waals surface area contributed by atoms with Gasteiger partial charge in [-0.2, -0.15) is 13.2 Å². The lowest BCUT2D eigenvalue weighted by Crippen LogP contribution is -2.48. The molecule has 6 heteroatoms. The molecule has 96 valence electrons. The first-order valence-electron chi connectivity index (χ1n) is 5.21. The van der Waals surface area contributed by atoms with Crippen molar-refractivity contribution in [3.8, 4) is 0 Å². The largest absolute Gasteiger partial charge is 0.481 e. The summed E-state index contributed by atoms with van der Waals surface area (Å²) in [5.41, 5.74) is -0.445. The van der Waals surface area contributed by atoms with Crippen LogP contribution in [0.4, 0.5) is 13.2 Å². The zero-order chi connectivity index (χ0) is 13.0. The highest BCUT2D eigenvalue weighted by atomic mass is 19.4. The summed E-state index contributed by atoms with van der Waals surface area (Å²) in [5, 5.41) is 11.2. The summed E-state index contributed by atoms with van der Waals surface area (Å²) < 4.78 is 37.0. The van der Waals surface area contributed by atoms with Gasteiger partial charge < -0.3 is 10.4 Å². The van der Waals surface area contributed by atoms with Crippen LogP contribution in [0.25, 0.3) is 0 Å². The van der Waals surface area contributed by atoms with E-state index in [0.717, 1.165) is 0 Å². The number of aliphatic carboxylic acids is 1. The number of hydrogen-bond acceptors (Lipinski definition) is 2. The Kier molecular flexibility index (Phi) is 5.25. The van der Waals surface area contributed by atoms with Crippen LogP contribution in [-0.2, 0) is 4.79 Å². The van der Waals surface area contributed by atoms with Crippen LogP contribution in [0.15, 0.2) is 0 Å². The molecule has 0 aliphatic rings. The van der Waals surface area contributed by atoms with Gasteiger partial charge in [-0.15, -0.1) is 0 Å². The molecule has 0 fully saturated rings. The molecule has 0 aliphatic carbocycles. The van der Waals surface area contributed by atoms with Gasteiger partial charge in [-0.05, 0) is 19.8 Å². The number of hydrogen-bond donors (Lipinski definition) is 2. The summed E-state index contributed by atoms with van der Waals surface area (Å²) in [6.45, 7) is 4.89. The lowest BCUT2D eigenvalue weighted by atomic mass is 9.94. The second-order valence-electron chi connectivity index (χ2n) is 4.08. The van der Waals surface area contributed by atoms with E-state index in [9.17, 15) is 18.0 Å². The summed E-state index contributed by atoms with van der Waals surface area (Å²) >= 11 is 0. The first-order chi connectivity index (χ1) is 7.16. The molecule has 2 N–H and O–H groups in total. The van der Waals surface area contributed by atoms with Crippen molar-refractivity contribution in [1.82, 2.24) is 5.32 Å². The molecular formula is C10H18F3NO2. The molecule has 0 radical (unpaired) electrons. The molecule has 1 unspecified atom stereocenters. The van der Waals surface area contributed by atoms with Crippen LogP contribution >= 0.6 is 0 Å². The Morgan fingerprint density at radius 3 is 2.00 bits per heavy atom. The van der Waals surface area contributed by atoms with E-state index in [4.69, 9.17) is 5.11 Å². The topological polar surface area (TPSA) is 49.3 Å². The Labute approximate surface area is 93.0 Å². The number of carboxylic acids is 1. The van der Waals surface area contributed by atoms with Crippen LogP contribution in [0, 0.1) is 5.92 Å². The molecule has 0 aromatic carbocycles. The molecule has 1 atom stereocenters. The molecule has 0 aromatic rings. The second-order valence-corrected chi connectivity index (χ2v) is 4.08. The quantitative estimate of drug-likeness (QED) is 0.750. The zero-order valence-electron chi connectivity index (χ0n) is 9.69. The molecule has 0 aliphatic heterocycles. The fourth-order valence-electron chi connectivity index (χ4n) is 1.19. The normalized spacial score (nSPS) is 14.9. The maximum atomic E-state index is 12.3. The number of rotatable bonds is 6. The molecule has 0 saturated carbocycles. The maximum absolute atomic E-state index is 12.3. The summed E-state index contributed by atoms with van der Waals surface area (Å²) in [6, 6.07) is 0. The van der Waals surface area contributed by atoms with Crippen molar-refractivity contribution in [1.29, 1.82) is 0 Å². The Balaban J connectivity index is 4.51. The van der Waals surface area contributed by atoms with Gasteiger partial charge in [-0.25, -0.2) is 0 Å². The van der Waals surface area contributed by atoms with Crippen molar-refractivity contribution < 1.29 is 23.1 Å². The van der Waals surface area contributed by atoms with E-state index in [2.05, 4.69) is 5.32 Å². The number of halogens is 3. The molecule has 0 saturated heterocycles. The lowest BCUT2D eigenvalue weighted by molar-refractivity contribution is -0.193. The van der Waals surface area contributed by atoms with Crippen LogP contribution in [0.1, 0.15) is 33.6 Å². The Morgan fingerprint density at radius 2 is 1.75 bits per heavy atom. The summed E-state index contributed by atoms with van der Waals surface area (Å²) in [5.74, 6) is -4.18. The third kappa shape index (κ3) is 4.38. The molecule has 0 aromatic heterocycles. The first kappa shape index (κ1) is 15.2. The van der Waals surface area contributed by atoms with Gasteiger partial charge in [0.2, 0.25) is 0 Å². The number of alkyl halides is 3. The Hall–Kier alpha value is -0.780. The Morgan fingerprint density at radius 1 is 1.31 bits per heavy atom. The van der Waals surface area contributed by atoms with Gasteiger partial charge >= 0.3 is 12.1 Å². The van der Waals surface area contributed by atoms with Crippen molar-refractivity contribution in [2.45, 2.75) is 45.3 Å². The standard InChI is InChI=1S/C10H18F3NO2/c1-4-9(3,5-2)14-6-7(8(15)16)10(11,12)13/h7,14H,4-6H2,1-3H3,(H,15,16). The van der Waals surface area contributed by atoms with Gasteiger partial charge in [0.25, 0.3) is 0 Å². The van der Waals surface area contributed by atoms with E-state index in [-0.39, 0.29) is 0 Å². The average molecular weight is 241 g/mol. The van der Waals surface area contributed by atoms with Gasteiger partial charge in [0.1, 0.15) is 0 Å².